The highest BCUT2D eigenvalue weighted by Gasteiger charge is 2.62. The zero-order valence-electron chi connectivity index (χ0n) is 34.7. The SMILES string of the molecule is C.c1ccc(N(c2ccccc2)c2ccc3ccc4c(N(c5ccc6ccccc6c5)c5cccc6c5C5(c7ccccc7-6)C6CC7CC(C6)CC5C7)ccc5ccc2c3c54)cc1. The molecule has 4 saturated carbocycles. The summed E-state index contributed by atoms with van der Waals surface area (Å²) in [6, 6.07) is 73.4. The van der Waals surface area contributed by atoms with E-state index in [2.05, 4.69) is 204 Å². The lowest BCUT2D eigenvalue weighted by atomic mass is 9.43. The van der Waals surface area contributed by atoms with E-state index in [9.17, 15) is 0 Å². The third-order valence-corrected chi connectivity index (χ3v) is 15.9. The number of benzene rings is 10. The first-order chi connectivity index (χ1) is 30.7. The van der Waals surface area contributed by atoms with Crippen LogP contribution in [0.1, 0.15) is 50.7 Å². The van der Waals surface area contributed by atoms with Crippen molar-refractivity contribution in [2.24, 2.45) is 23.7 Å². The molecule has 0 unspecified atom stereocenters. The van der Waals surface area contributed by atoms with Crippen molar-refractivity contribution in [2.75, 3.05) is 9.80 Å². The van der Waals surface area contributed by atoms with Gasteiger partial charge in [0.2, 0.25) is 0 Å². The molecule has 0 saturated heterocycles. The van der Waals surface area contributed by atoms with Crippen LogP contribution < -0.4 is 9.80 Å². The van der Waals surface area contributed by atoms with E-state index in [4.69, 9.17) is 0 Å². The Hall–Kier alpha value is -6.90. The fraction of sp³-hybridized carbons (Fsp3) is 0.180. The lowest BCUT2D eigenvalue weighted by Crippen LogP contribution is -2.55. The number of hydrogen-bond donors (Lipinski definition) is 0. The van der Waals surface area contributed by atoms with E-state index in [-0.39, 0.29) is 12.8 Å². The Labute approximate surface area is 370 Å². The third kappa shape index (κ3) is 5.13. The highest BCUT2D eigenvalue weighted by atomic mass is 15.2. The monoisotopic (exact) mass is 810 g/mol. The zero-order valence-corrected chi connectivity index (χ0v) is 34.7. The van der Waals surface area contributed by atoms with E-state index in [0.717, 1.165) is 23.2 Å². The summed E-state index contributed by atoms with van der Waals surface area (Å²) < 4.78 is 0. The maximum absolute atomic E-state index is 2.68. The van der Waals surface area contributed by atoms with Crippen molar-refractivity contribution in [2.45, 2.75) is 44.9 Å². The van der Waals surface area contributed by atoms with Gasteiger partial charge in [0.1, 0.15) is 0 Å². The summed E-state index contributed by atoms with van der Waals surface area (Å²) in [5.74, 6) is 3.09. The number of fused-ring (bicyclic) bond motifs is 4. The van der Waals surface area contributed by atoms with Gasteiger partial charge < -0.3 is 9.80 Å². The highest BCUT2D eigenvalue weighted by molar-refractivity contribution is 6.28. The van der Waals surface area contributed by atoms with Gasteiger partial charge in [-0.1, -0.05) is 147 Å². The summed E-state index contributed by atoms with van der Waals surface area (Å²) in [6.07, 6.45) is 6.87. The van der Waals surface area contributed by atoms with Crippen LogP contribution in [0.15, 0.2) is 194 Å². The first kappa shape index (κ1) is 36.7. The molecule has 4 bridgehead atoms. The topological polar surface area (TPSA) is 6.48 Å². The van der Waals surface area contributed by atoms with Crippen molar-refractivity contribution in [1.29, 1.82) is 0 Å². The average Bonchev–Trinajstić information content (AvgIpc) is 3.62. The molecular weight excluding hydrogens is 761 g/mol. The molecule has 10 aromatic carbocycles. The molecular formula is C61H50N2. The predicted octanol–water partition coefficient (Wildman–Crippen LogP) is 17.0. The van der Waals surface area contributed by atoms with Crippen LogP contribution in [0.5, 0.6) is 0 Å². The van der Waals surface area contributed by atoms with E-state index in [1.807, 2.05) is 0 Å². The number of hydrogen-bond acceptors (Lipinski definition) is 2. The second-order valence-electron chi connectivity index (χ2n) is 18.9. The van der Waals surface area contributed by atoms with Gasteiger partial charge in [0.25, 0.3) is 0 Å². The molecule has 15 rings (SSSR count). The molecule has 0 aromatic heterocycles. The molecule has 63 heavy (non-hydrogen) atoms. The molecule has 0 heterocycles. The smallest absolute Gasteiger partial charge is 0.0540 e. The lowest BCUT2D eigenvalue weighted by Gasteiger charge is -2.61. The molecule has 2 nitrogen and oxygen atoms in total. The van der Waals surface area contributed by atoms with Crippen LogP contribution in [-0.4, -0.2) is 0 Å². The third-order valence-electron chi connectivity index (χ3n) is 15.9. The molecule has 0 amide bonds. The van der Waals surface area contributed by atoms with E-state index < -0.39 is 0 Å². The molecule has 4 fully saturated rings. The average molecular weight is 811 g/mol. The molecule has 5 aliphatic rings. The first-order valence-electron chi connectivity index (χ1n) is 22.9. The van der Waals surface area contributed by atoms with Gasteiger partial charge in [-0.3, -0.25) is 0 Å². The number of rotatable bonds is 6. The normalized spacial score (nSPS) is 21.6. The van der Waals surface area contributed by atoms with Crippen LogP contribution in [0.25, 0.3) is 54.2 Å². The second-order valence-corrected chi connectivity index (χ2v) is 18.9. The zero-order chi connectivity index (χ0) is 40.5. The number of para-hydroxylation sites is 2. The van der Waals surface area contributed by atoms with Gasteiger partial charge in [0.05, 0.1) is 17.1 Å². The van der Waals surface area contributed by atoms with Crippen LogP contribution in [0.3, 0.4) is 0 Å². The molecule has 10 aromatic rings. The first-order valence-corrected chi connectivity index (χ1v) is 22.9. The lowest BCUT2D eigenvalue weighted by molar-refractivity contribution is -0.0397. The maximum Gasteiger partial charge on any atom is 0.0540 e. The van der Waals surface area contributed by atoms with Crippen LogP contribution in [0.2, 0.25) is 0 Å². The number of nitrogens with zero attached hydrogens (tertiary/aromatic N) is 2. The minimum atomic E-state index is 0. The molecule has 0 aliphatic heterocycles. The van der Waals surface area contributed by atoms with Crippen LogP contribution >= 0.6 is 0 Å². The summed E-state index contributed by atoms with van der Waals surface area (Å²) in [5.41, 5.74) is 13.4. The second kappa shape index (κ2) is 13.8. The Morgan fingerprint density at radius 1 is 0.365 bits per heavy atom. The molecule has 304 valence electrons. The van der Waals surface area contributed by atoms with Gasteiger partial charge in [-0.05, 0) is 165 Å². The fourth-order valence-electron chi connectivity index (χ4n) is 13.8. The quantitative estimate of drug-likeness (QED) is 0.154. The Kier molecular flexibility index (Phi) is 8.04. The van der Waals surface area contributed by atoms with Crippen molar-refractivity contribution in [3.8, 4) is 11.1 Å². The molecule has 0 radical (unpaired) electrons. The minimum Gasteiger partial charge on any atom is -0.310 e. The van der Waals surface area contributed by atoms with Gasteiger partial charge in [0, 0.05) is 33.2 Å². The van der Waals surface area contributed by atoms with Crippen LogP contribution in [-0.2, 0) is 5.41 Å². The standard InChI is InChI=1S/C60H46N2.CH4/c1-3-14-46(15-4-1)61(47-16-5-2-6-17-47)54-30-25-41-24-29-52-55(31-26-42-23-28-51(54)57(41)58(42)52)62(48-27-22-40-12-7-8-13-43(40)37-48)56-21-11-19-50-49-18-9-10-20-53(49)60(59(50)56)44-33-38-32-39(35-44)36-45(60)34-38;/h1-31,37-39,44-45H,32-36H2;1H4. The van der Waals surface area contributed by atoms with Crippen molar-refractivity contribution < 1.29 is 0 Å². The Bertz CT molecular complexity index is 3320. The molecule has 0 atom stereocenters. The fourth-order valence-corrected chi connectivity index (χ4v) is 13.8. The van der Waals surface area contributed by atoms with E-state index >= 15 is 0 Å². The predicted molar refractivity (Wildman–Crippen MR) is 267 cm³/mol. The summed E-state index contributed by atoms with van der Waals surface area (Å²) in [6.45, 7) is 0. The van der Waals surface area contributed by atoms with Crippen molar-refractivity contribution in [3.63, 3.8) is 0 Å². The molecule has 0 N–H and O–H groups in total. The van der Waals surface area contributed by atoms with Gasteiger partial charge in [-0.15, -0.1) is 0 Å². The maximum atomic E-state index is 2.68. The van der Waals surface area contributed by atoms with Crippen LogP contribution in [0, 0.1) is 23.7 Å². The minimum absolute atomic E-state index is 0. The van der Waals surface area contributed by atoms with E-state index in [1.165, 1.54) is 109 Å². The van der Waals surface area contributed by atoms with Crippen LogP contribution in [0.4, 0.5) is 34.1 Å². The highest BCUT2D eigenvalue weighted by Crippen LogP contribution is 2.71. The summed E-state index contributed by atoms with van der Waals surface area (Å²) in [4.78, 5) is 5.10. The molecule has 2 heteroatoms. The molecule has 5 aliphatic carbocycles. The number of anilines is 6. The van der Waals surface area contributed by atoms with Gasteiger partial charge in [0.15, 0.2) is 0 Å². The Morgan fingerprint density at radius 3 is 1.54 bits per heavy atom. The summed E-state index contributed by atoms with van der Waals surface area (Å²) >= 11 is 0. The largest absolute Gasteiger partial charge is 0.310 e. The van der Waals surface area contributed by atoms with Gasteiger partial charge in [-0.2, -0.15) is 0 Å². The van der Waals surface area contributed by atoms with Gasteiger partial charge >= 0.3 is 0 Å². The van der Waals surface area contributed by atoms with Crippen molar-refractivity contribution in [3.05, 3.63) is 205 Å². The Balaban J connectivity index is 0.00000402. The van der Waals surface area contributed by atoms with Crippen molar-refractivity contribution >= 4 is 77.2 Å². The summed E-state index contributed by atoms with van der Waals surface area (Å²) in [5, 5.41) is 10.2. The van der Waals surface area contributed by atoms with E-state index in [0.29, 0.717) is 11.8 Å². The Morgan fingerprint density at radius 2 is 0.889 bits per heavy atom. The summed E-state index contributed by atoms with van der Waals surface area (Å²) in [7, 11) is 0. The van der Waals surface area contributed by atoms with E-state index in [1.54, 1.807) is 11.1 Å². The van der Waals surface area contributed by atoms with Crippen molar-refractivity contribution in [1.82, 2.24) is 0 Å². The molecule has 1 spiro atoms. The van der Waals surface area contributed by atoms with Gasteiger partial charge in [-0.25, -0.2) is 0 Å².